The first-order valence-corrected chi connectivity index (χ1v) is 10.1. The summed E-state index contributed by atoms with van der Waals surface area (Å²) in [4.78, 5) is 2.37. The SMILES string of the molecule is COc1cccc(C/C=C/c2c(OC)cc(OC)c(CN3CCCCC3)c2O)c1. The molecule has 29 heavy (non-hydrogen) atoms. The molecule has 0 radical (unpaired) electrons. The number of methoxy groups -OCH3 is 3. The second-order valence-corrected chi connectivity index (χ2v) is 7.32. The lowest BCUT2D eigenvalue weighted by molar-refractivity contribution is 0.215. The van der Waals surface area contributed by atoms with Gasteiger partial charge in [-0.25, -0.2) is 0 Å². The van der Waals surface area contributed by atoms with E-state index in [1.54, 1.807) is 21.3 Å². The molecular weight excluding hydrogens is 366 g/mol. The second kappa shape index (κ2) is 10.2. The number of likely N-dealkylation sites (tertiary alicyclic amines) is 1. The standard InChI is InChI=1S/C24H31NO4/c1-27-19-11-7-9-18(15-19)10-8-12-20-22(28-2)16-23(29-3)21(24(20)26)17-25-13-5-4-6-14-25/h7-9,11-12,15-16,26H,4-6,10,13-14,17H2,1-3H3/b12-8+. The Morgan fingerprint density at radius 2 is 1.72 bits per heavy atom. The third kappa shape index (κ3) is 5.24. The van der Waals surface area contributed by atoms with Crippen molar-refractivity contribution in [1.82, 2.24) is 4.90 Å². The summed E-state index contributed by atoms with van der Waals surface area (Å²) in [5, 5.41) is 11.1. The summed E-state index contributed by atoms with van der Waals surface area (Å²) in [7, 11) is 4.91. The molecule has 1 fully saturated rings. The predicted octanol–water partition coefficient (Wildman–Crippen LogP) is 4.66. The van der Waals surface area contributed by atoms with E-state index >= 15 is 0 Å². The fourth-order valence-electron chi connectivity index (χ4n) is 3.80. The van der Waals surface area contributed by atoms with E-state index in [1.807, 2.05) is 36.4 Å². The Morgan fingerprint density at radius 1 is 0.966 bits per heavy atom. The first kappa shape index (κ1) is 21.1. The van der Waals surface area contributed by atoms with Gasteiger partial charge in [0.2, 0.25) is 0 Å². The molecule has 0 atom stereocenters. The molecule has 0 aromatic heterocycles. The van der Waals surface area contributed by atoms with Crippen LogP contribution in [-0.4, -0.2) is 44.4 Å². The summed E-state index contributed by atoms with van der Waals surface area (Å²) in [6.45, 7) is 2.78. The van der Waals surface area contributed by atoms with Crippen molar-refractivity contribution < 1.29 is 19.3 Å². The minimum absolute atomic E-state index is 0.230. The van der Waals surface area contributed by atoms with E-state index in [-0.39, 0.29) is 5.75 Å². The molecule has 0 spiro atoms. The number of allylic oxidation sites excluding steroid dienone is 1. The molecule has 156 valence electrons. The smallest absolute Gasteiger partial charge is 0.134 e. The summed E-state index contributed by atoms with van der Waals surface area (Å²) >= 11 is 0. The van der Waals surface area contributed by atoms with Crippen LogP contribution in [0.3, 0.4) is 0 Å². The lowest BCUT2D eigenvalue weighted by Crippen LogP contribution is -2.29. The van der Waals surface area contributed by atoms with Crippen molar-refractivity contribution in [1.29, 1.82) is 0 Å². The number of ether oxygens (including phenoxy) is 3. The topological polar surface area (TPSA) is 51.2 Å². The highest BCUT2D eigenvalue weighted by Gasteiger charge is 2.21. The molecule has 1 heterocycles. The first-order valence-electron chi connectivity index (χ1n) is 10.1. The molecule has 1 N–H and O–H groups in total. The van der Waals surface area contributed by atoms with Gasteiger partial charge >= 0.3 is 0 Å². The Labute approximate surface area is 173 Å². The molecule has 0 aliphatic carbocycles. The van der Waals surface area contributed by atoms with Crippen LogP contribution in [0.2, 0.25) is 0 Å². The Hall–Kier alpha value is -2.66. The van der Waals surface area contributed by atoms with Crippen LogP contribution in [-0.2, 0) is 13.0 Å². The molecule has 1 aliphatic heterocycles. The molecule has 0 amide bonds. The number of nitrogens with zero attached hydrogens (tertiary/aromatic N) is 1. The number of phenolic OH excluding ortho intramolecular Hbond substituents is 1. The van der Waals surface area contributed by atoms with Gasteiger partial charge in [0.15, 0.2) is 0 Å². The summed E-state index contributed by atoms with van der Waals surface area (Å²) in [6, 6.07) is 9.84. The molecule has 2 aromatic carbocycles. The third-order valence-corrected chi connectivity index (χ3v) is 5.41. The predicted molar refractivity (Wildman–Crippen MR) is 116 cm³/mol. The van der Waals surface area contributed by atoms with E-state index in [4.69, 9.17) is 14.2 Å². The number of piperidine rings is 1. The normalized spacial score (nSPS) is 14.9. The number of aromatic hydroxyl groups is 1. The zero-order valence-corrected chi connectivity index (χ0v) is 17.6. The van der Waals surface area contributed by atoms with Crippen LogP contribution in [0.5, 0.6) is 23.0 Å². The van der Waals surface area contributed by atoms with Crippen molar-refractivity contribution in [3.8, 4) is 23.0 Å². The number of hydrogen-bond acceptors (Lipinski definition) is 5. The molecule has 5 heteroatoms. The van der Waals surface area contributed by atoms with Crippen LogP contribution in [0.4, 0.5) is 0 Å². The highest BCUT2D eigenvalue weighted by atomic mass is 16.5. The molecule has 5 nitrogen and oxygen atoms in total. The quantitative estimate of drug-likeness (QED) is 0.702. The van der Waals surface area contributed by atoms with Crippen molar-refractivity contribution in [2.45, 2.75) is 32.2 Å². The minimum Gasteiger partial charge on any atom is -0.507 e. The molecular formula is C24H31NO4. The van der Waals surface area contributed by atoms with Gasteiger partial charge in [-0.3, -0.25) is 4.90 Å². The highest BCUT2D eigenvalue weighted by molar-refractivity contribution is 5.69. The van der Waals surface area contributed by atoms with Crippen molar-refractivity contribution >= 4 is 6.08 Å². The van der Waals surface area contributed by atoms with Crippen molar-refractivity contribution in [3.05, 3.63) is 53.1 Å². The molecule has 0 bridgehead atoms. The lowest BCUT2D eigenvalue weighted by atomic mass is 10.0. The van der Waals surface area contributed by atoms with Crippen LogP contribution in [0.1, 0.15) is 36.0 Å². The summed E-state index contributed by atoms with van der Waals surface area (Å²) in [5.41, 5.74) is 2.64. The summed E-state index contributed by atoms with van der Waals surface area (Å²) in [5.74, 6) is 2.33. The van der Waals surface area contributed by atoms with Gasteiger partial charge in [0.25, 0.3) is 0 Å². The summed E-state index contributed by atoms with van der Waals surface area (Å²) < 4.78 is 16.4. The summed E-state index contributed by atoms with van der Waals surface area (Å²) in [6.07, 6.45) is 8.36. The second-order valence-electron chi connectivity index (χ2n) is 7.32. The van der Waals surface area contributed by atoms with Gasteiger partial charge in [-0.15, -0.1) is 0 Å². The van der Waals surface area contributed by atoms with Crippen LogP contribution < -0.4 is 14.2 Å². The lowest BCUT2D eigenvalue weighted by Gasteiger charge is -2.28. The fourth-order valence-corrected chi connectivity index (χ4v) is 3.80. The monoisotopic (exact) mass is 397 g/mol. The number of phenols is 1. The number of rotatable bonds is 8. The third-order valence-electron chi connectivity index (χ3n) is 5.41. The number of benzene rings is 2. The molecule has 3 rings (SSSR count). The highest BCUT2D eigenvalue weighted by Crippen LogP contribution is 2.40. The van der Waals surface area contributed by atoms with Gasteiger partial charge in [-0.1, -0.05) is 30.7 Å². The number of hydrogen-bond donors (Lipinski definition) is 1. The Kier molecular flexibility index (Phi) is 7.42. The van der Waals surface area contributed by atoms with E-state index in [1.165, 1.54) is 19.3 Å². The zero-order valence-electron chi connectivity index (χ0n) is 17.6. The molecule has 0 saturated carbocycles. The van der Waals surface area contributed by atoms with Crippen molar-refractivity contribution in [3.63, 3.8) is 0 Å². The molecule has 2 aromatic rings. The van der Waals surface area contributed by atoms with Crippen molar-refractivity contribution in [2.24, 2.45) is 0 Å². The Balaban J connectivity index is 1.86. The van der Waals surface area contributed by atoms with Gasteiger partial charge in [-0.2, -0.15) is 0 Å². The van der Waals surface area contributed by atoms with Gasteiger partial charge < -0.3 is 19.3 Å². The first-order chi connectivity index (χ1) is 14.2. The van der Waals surface area contributed by atoms with Crippen LogP contribution in [0.25, 0.3) is 6.08 Å². The van der Waals surface area contributed by atoms with Crippen molar-refractivity contribution in [2.75, 3.05) is 34.4 Å². The Morgan fingerprint density at radius 3 is 2.41 bits per heavy atom. The average molecular weight is 398 g/mol. The van der Waals surface area contributed by atoms with E-state index in [0.717, 1.165) is 36.4 Å². The van der Waals surface area contributed by atoms with E-state index in [9.17, 15) is 5.11 Å². The molecule has 1 aliphatic rings. The zero-order chi connectivity index (χ0) is 20.6. The van der Waals surface area contributed by atoms with Gasteiger partial charge in [-0.05, 0) is 50.0 Å². The van der Waals surface area contributed by atoms with Crippen LogP contribution >= 0.6 is 0 Å². The van der Waals surface area contributed by atoms with E-state index in [2.05, 4.69) is 11.0 Å². The van der Waals surface area contributed by atoms with E-state index < -0.39 is 0 Å². The Bertz CT molecular complexity index is 841. The molecule has 0 unspecified atom stereocenters. The maximum absolute atomic E-state index is 11.1. The van der Waals surface area contributed by atoms with E-state index in [0.29, 0.717) is 23.6 Å². The maximum atomic E-state index is 11.1. The van der Waals surface area contributed by atoms with Gasteiger partial charge in [0.1, 0.15) is 23.0 Å². The average Bonchev–Trinajstić information content (AvgIpc) is 2.77. The van der Waals surface area contributed by atoms with Crippen LogP contribution in [0.15, 0.2) is 36.4 Å². The fraction of sp³-hybridized carbons (Fsp3) is 0.417. The molecule has 1 saturated heterocycles. The van der Waals surface area contributed by atoms with Gasteiger partial charge in [0.05, 0.1) is 32.5 Å². The van der Waals surface area contributed by atoms with Gasteiger partial charge in [0, 0.05) is 12.6 Å². The largest absolute Gasteiger partial charge is 0.507 e. The minimum atomic E-state index is 0.230. The van der Waals surface area contributed by atoms with Crippen LogP contribution in [0, 0.1) is 0 Å². The maximum Gasteiger partial charge on any atom is 0.134 e.